The Morgan fingerprint density at radius 2 is 0.774 bits per heavy atom. The zero-order chi connectivity index (χ0) is 39.9. The van der Waals surface area contributed by atoms with E-state index in [0.29, 0.717) is 0 Å². The third-order valence-corrected chi connectivity index (χ3v) is 48.4. The quantitative estimate of drug-likeness (QED) is 0.0939. The van der Waals surface area contributed by atoms with Crippen molar-refractivity contribution >= 4 is 90.3 Å². The van der Waals surface area contributed by atoms with Gasteiger partial charge in [0.05, 0.1) is 24.2 Å². The van der Waals surface area contributed by atoms with Gasteiger partial charge in [-0.1, -0.05) is 265 Å². The van der Waals surface area contributed by atoms with Crippen LogP contribution < -0.4 is 15.6 Å². The first-order valence-corrected chi connectivity index (χ1v) is 43.5. The fraction of sp³-hybridized carbons (Fsp3) is 0.478. The first kappa shape index (κ1) is 45.8. The highest BCUT2D eigenvalue weighted by atomic mass is 28.4. The van der Waals surface area contributed by atoms with Gasteiger partial charge in [0.25, 0.3) is 0 Å². The minimum atomic E-state index is -1.76. The van der Waals surface area contributed by atoms with Crippen LogP contribution in [0.3, 0.4) is 0 Å². The summed E-state index contributed by atoms with van der Waals surface area (Å²) in [5.41, 5.74) is 8.33. The van der Waals surface area contributed by atoms with Crippen LogP contribution in [0.25, 0.3) is 18.2 Å². The number of hydrogen-bond donors (Lipinski definition) is 0. The maximum Gasteiger partial charge on any atom is 0.0813 e. The molecule has 0 heterocycles. The molecule has 0 bridgehead atoms. The van der Waals surface area contributed by atoms with Gasteiger partial charge in [-0.25, -0.2) is 0 Å². The summed E-state index contributed by atoms with van der Waals surface area (Å²) in [6.07, 6.45) is 5.99. The van der Waals surface area contributed by atoms with Crippen LogP contribution in [0.15, 0.2) is 92.5 Å². The number of hydrogen-bond acceptors (Lipinski definition) is 0. The first-order valence-electron chi connectivity index (χ1n) is 20.5. The molecule has 3 rings (SSSR count). The van der Waals surface area contributed by atoms with E-state index in [1.807, 2.05) is 18.2 Å². The van der Waals surface area contributed by atoms with E-state index in [4.69, 9.17) is 0 Å². The van der Waals surface area contributed by atoms with Gasteiger partial charge in [-0.3, -0.25) is 0 Å². The molecule has 3 aromatic rings. The van der Waals surface area contributed by atoms with Gasteiger partial charge in [0.2, 0.25) is 0 Å². The van der Waals surface area contributed by atoms with E-state index in [2.05, 4.69) is 178 Å². The first-order chi connectivity index (χ1) is 24.4. The topological polar surface area (TPSA) is 0 Å². The molecule has 0 N–H and O–H groups in total. The Hall–Kier alpha value is -1.60. The van der Waals surface area contributed by atoms with Crippen LogP contribution in [0.1, 0.15) is 16.7 Å². The molecule has 2 atom stereocenters. The Labute approximate surface area is 335 Å². The van der Waals surface area contributed by atoms with Gasteiger partial charge in [0.1, 0.15) is 0 Å². The van der Waals surface area contributed by atoms with Crippen LogP contribution in [0.5, 0.6) is 0 Å². The minimum absolute atomic E-state index is 1.18. The van der Waals surface area contributed by atoms with Crippen LogP contribution in [-0.4, -0.2) is 56.5 Å². The number of benzene rings is 3. The molecular weight excluding hydrogens is 749 g/mol. The standard InChI is InChI=1S/C46H78Si7/c1-17-41-20-26-44(27-21-41)51(14,15)35-36-52(16,45-28-22-42(18-2)23-29-45)39-49(10,11)33-34-50(12,13)40-53(38-48(7,8)9,37-32-47(4,5)6)46-30-24-43(19-3)25-31-46/h17-31H,1-3,32-40H2,4-16H3. The maximum absolute atomic E-state index is 4.09. The second-order valence-electron chi connectivity index (χ2n) is 21.7. The highest BCUT2D eigenvalue weighted by molar-refractivity contribution is 7.10. The molecule has 0 saturated carbocycles. The zero-order valence-electron chi connectivity index (χ0n) is 36.6. The van der Waals surface area contributed by atoms with Crippen molar-refractivity contribution in [1.82, 2.24) is 0 Å². The smallest absolute Gasteiger partial charge is 0.0813 e. The largest absolute Gasteiger partial charge is 0.0985 e. The fourth-order valence-electron chi connectivity index (χ4n) is 9.18. The third-order valence-electron chi connectivity index (χ3n) is 12.2. The molecule has 0 aliphatic heterocycles. The molecule has 0 nitrogen and oxygen atoms in total. The molecular formula is C46H78Si7. The van der Waals surface area contributed by atoms with Crippen molar-refractivity contribution in [1.29, 1.82) is 0 Å². The molecule has 0 amide bonds. The van der Waals surface area contributed by atoms with Crippen LogP contribution in [0.2, 0.25) is 138 Å². The van der Waals surface area contributed by atoms with Crippen molar-refractivity contribution < 1.29 is 0 Å². The summed E-state index contributed by atoms with van der Waals surface area (Å²) < 4.78 is 0. The van der Waals surface area contributed by atoms with E-state index < -0.39 is 56.5 Å². The summed E-state index contributed by atoms with van der Waals surface area (Å²) in [7, 11) is -10.5. The van der Waals surface area contributed by atoms with E-state index in [1.165, 1.54) is 64.3 Å². The molecule has 7 heteroatoms. The number of rotatable bonds is 21. The Morgan fingerprint density at radius 3 is 1.17 bits per heavy atom. The lowest BCUT2D eigenvalue weighted by atomic mass is 10.2. The van der Waals surface area contributed by atoms with Gasteiger partial charge in [0.15, 0.2) is 0 Å². The minimum Gasteiger partial charge on any atom is -0.0985 e. The summed E-state index contributed by atoms with van der Waals surface area (Å²) in [6.45, 7) is 47.0. The molecule has 3 aromatic carbocycles. The normalized spacial score (nSPS) is 15.3. The molecule has 0 radical (unpaired) electrons. The van der Waals surface area contributed by atoms with Crippen LogP contribution in [-0.2, 0) is 0 Å². The van der Waals surface area contributed by atoms with Gasteiger partial charge in [-0.2, -0.15) is 0 Å². The van der Waals surface area contributed by atoms with E-state index in [0.717, 1.165) is 0 Å². The molecule has 0 saturated heterocycles. The molecule has 0 aliphatic carbocycles. The summed E-state index contributed by atoms with van der Waals surface area (Å²) in [5, 5.41) is 5.02. The SMILES string of the molecule is C=Cc1ccc([Si](C)(C)CC[Si](C)(C[Si](C)(C)CC[Si](C)(C)C[Si](CC[Si](C)(C)C)(C[Si](C)(C)C)c2ccc(C=C)cc2)c2ccc(C=C)cc2)cc1. The average Bonchev–Trinajstić information content (AvgIpc) is 3.08. The Kier molecular flexibility index (Phi) is 15.6. The van der Waals surface area contributed by atoms with Gasteiger partial charge < -0.3 is 0 Å². The predicted molar refractivity (Wildman–Crippen MR) is 268 cm³/mol. The van der Waals surface area contributed by atoms with Crippen LogP contribution in [0.4, 0.5) is 0 Å². The Bertz CT molecular complexity index is 1640. The zero-order valence-corrected chi connectivity index (χ0v) is 43.6. The molecule has 53 heavy (non-hydrogen) atoms. The van der Waals surface area contributed by atoms with E-state index in [9.17, 15) is 0 Å². The monoisotopic (exact) mass is 826 g/mol. The van der Waals surface area contributed by atoms with Crippen LogP contribution in [0, 0.1) is 0 Å². The van der Waals surface area contributed by atoms with Crippen molar-refractivity contribution in [3.8, 4) is 0 Å². The highest BCUT2D eigenvalue weighted by Gasteiger charge is 2.45. The second-order valence-corrected chi connectivity index (χ2v) is 59.0. The maximum atomic E-state index is 4.09. The van der Waals surface area contributed by atoms with Gasteiger partial charge in [-0.05, 0) is 16.7 Å². The Morgan fingerprint density at radius 1 is 0.377 bits per heavy atom. The lowest BCUT2D eigenvalue weighted by Gasteiger charge is -2.44. The summed E-state index contributed by atoms with van der Waals surface area (Å²) >= 11 is 0. The molecule has 0 fully saturated rings. The summed E-state index contributed by atoms with van der Waals surface area (Å²) in [4.78, 5) is 0. The lowest BCUT2D eigenvalue weighted by molar-refractivity contribution is 1.20. The summed E-state index contributed by atoms with van der Waals surface area (Å²) in [6, 6.07) is 37.6. The van der Waals surface area contributed by atoms with Crippen LogP contribution >= 0.6 is 0 Å². The molecule has 0 spiro atoms. The van der Waals surface area contributed by atoms with Gasteiger partial charge in [-0.15, -0.1) is 0 Å². The lowest BCUT2D eigenvalue weighted by Crippen LogP contribution is -2.58. The highest BCUT2D eigenvalue weighted by Crippen LogP contribution is 2.39. The summed E-state index contributed by atoms with van der Waals surface area (Å²) in [5.74, 6) is 0. The van der Waals surface area contributed by atoms with Gasteiger partial charge >= 0.3 is 0 Å². The fourth-order valence-corrected chi connectivity index (χ4v) is 59.5. The average molecular weight is 828 g/mol. The predicted octanol–water partition coefficient (Wildman–Crippen LogP) is 13.6. The second kappa shape index (κ2) is 18.1. The van der Waals surface area contributed by atoms with E-state index >= 15 is 0 Å². The third kappa shape index (κ3) is 14.1. The van der Waals surface area contributed by atoms with E-state index in [1.54, 1.807) is 21.2 Å². The van der Waals surface area contributed by atoms with Crippen molar-refractivity contribution in [2.45, 2.75) is 138 Å². The molecule has 0 aliphatic rings. The van der Waals surface area contributed by atoms with Crippen molar-refractivity contribution in [3.63, 3.8) is 0 Å². The molecule has 290 valence electrons. The van der Waals surface area contributed by atoms with E-state index in [-0.39, 0.29) is 0 Å². The molecule has 0 aromatic heterocycles. The van der Waals surface area contributed by atoms with Gasteiger partial charge in [0, 0.05) is 32.3 Å². The van der Waals surface area contributed by atoms with Crippen molar-refractivity contribution in [2.75, 3.05) is 0 Å². The Balaban J connectivity index is 1.93. The van der Waals surface area contributed by atoms with Crippen molar-refractivity contribution in [2.24, 2.45) is 0 Å². The molecule has 2 unspecified atom stereocenters. The van der Waals surface area contributed by atoms with Crippen molar-refractivity contribution in [3.05, 3.63) is 109 Å².